The molecule has 1 saturated carbocycles. The number of carbonyl (C=O) groups is 2. The Balaban J connectivity index is 1.58. The molecule has 1 aliphatic carbocycles. The number of ether oxygens (including phenoxy) is 1. The van der Waals surface area contributed by atoms with Crippen molar-refractivity contribution in [3.8, 4) is 5.88 Å². The Labute approximate surface area is 182 Å². The van der Waals surface area contributed by atoms with Crippen LogP contribution in [0.25, 0.3) is 0 Å². The third-order valence-electron chi connectivity index (χ3n) is 4.62. The van der Waals surface area contributed by atoms with Gasteiger partial charge >= 0.3 is 6.09 Å². The minimum Gasteiger partial charge on any atom is -0.387 e. The van der Waals surface area contributed by atoms with Gasteiger partial charge in [0.2, 0.25) is 0 Å². The molecule has 3 aromatic rings. The number of benzene rings is 1. The SMILES string of the molecule is CN(C)C(=O)c1cc(F)ccc1NC(=O)Oc1nc(C2CC2)cnc1Nc1cncnc1. The lowest BCUT2D eigenvalue weighted by atomic mass is 10.1. The second kappa shape index (κ2) is 8.92. The number of hydrogen-bond donors (Lipinski definition) is 2. The number of carbonyl (C=O) groups excluding carboxylic acids is 2. The zero-order chi connectivity index (χ0) is 22.7. The van der Waals surface area contributed by atoms with E-state index in [4.69, 9.17) is 4.74 Å². The summed E-state index contributed by atoms with van der Waals surface area (Å²) in [7, 11) is 3.05. The van der Waals surface area contributed by atoms with E-state index in [1.54, 1.807) is 6.20 Å². The van der Waals surface area contributed by atoms with Crippen LogP contribution in [-0.2, 0) is 0 Å². The molecular formula is C21H20FN7O3. The summed E-state index contributed by atoms with van der Waals surface area (Å²) in [6.45, 7) is 0. The first kappa shape index (κ1) is 21.1. The Kier molecular flexibility index (Phi) is 5.88. The molecule has 0 atom stereocenters. The lowest BCUT2D eigenvalue weighted by molar-refractivity contribution is 0.0828. The van der Waals surface area contributed by atoms with Crippen molar-refractivity contribution in [3.05, 3.63) is 60.2 Å². The first-order valence-electron chi connectivity index (χ1n) is 9.79. The average molecular weight is 437 g/mol. The van der Waals surface area contributed by atoms with Gasteiger partial charge in [-0.15, -0.1) is 0 Å². The van der Waals surface area contributed by atoms with Crippen molar-refractivity contribution in [1.29, 1.82) is 0 Å². The fourth-order valence-electron chi connectivity index (χ4n) is 2.88. The fourth-order valence-corrected chi connectivity index (χ4v) is 2.88. The highest BCUT2D eigenvalue weighted by atomic mass is 19.1. The zero-order valence-corrected chi connectivity index (χ0v) is 17.4. The van der Waals surface area contributed by atoms with E-state index in [2.05, 4.69) is 30.6 Å². The average Bonchev–Trinajstić information content (AvgIpc) is 3.62. The minimum atomic E-state index is -0.904. The quantitative estimate of drug-likeness (QED) is 0.602. The topological polar surface area (TPSA) is 122 Å². The summed E-state index contributed by atoms with van der Waals surface area (Å²) >= 11 is 0. The molecule has 2 N–H and O–H groups in total. The van der Waals surface area contributed by atoms with Crippen LogP contribution in [0, 0.1) is 5.82 Å². The van der Waals surface area contributed by atoms with E-state index < -0.39 is 17.8 Å². The summed E-state index contributed by atoms with van der Waals surface area (Å²) in [5, 5.41) is 5.45. The third kappa shape index (κ3) is 4.94. The van der Waals surface area contributed by atoms with E-state index in [1.807, 2.05) is 0 Å². The normalized spacial score (nSPS) is 12.7. The molecular weight excluding hydrogens is 417 g/mol. The summed E-state index contributed by atoms with van der Waals surface area (Å²) in [6, 6.07) is 3.48. The molecule has 4 rings (SSSR count). The Bertz CT molecular complexity index is 1150. The second-order valence-corrected chi connectivity index (χ2v) is 7.38. The Morgan fingerprint density at radius 2 is 1.91 bits per heavy atom. The van der Waals surface area contributed by atoms with Crippen molar-refractivity contribution in [3.63, 3.8) is 0 Å². The number of nitrogens with one attached hydrogen (secondary N) is 2. The van der Waals surface area contributed by atoms with Crippen molar-refractivity contribution in [2.45, 2.75) is 18.8 Å². The van der Waals surface area contributed by atoms with Gasteiger partial charge in [0.05, 0.1) is 41.2 Å². The van der Waals surface area contributed by atoms with Gasteiger partial charge in [-0.05, 0) is 31.0 Å². The van der Waals surface area contributed by atoms with Crippen LogP contribution < -0.4 is 15.4 Å². The summed E-state index contributed by atoms with van der Waals surface area (Å²) in [5.41, 5.74) is 1.34. The van der Waals surface area contributed by atoms with Crippen molar-refractivity contribution >= 4 is 29.2 Å². The van der Waals surface area contributed by atoms with Crippen molar-refractivity contribution < 1.29 is 18.7 Å². The van der Waals surface area contributed by atoms with E-state index in [0.717, 1.165) is 25.0 Å². The Morgan fingerprint density at radius 3 is 2.59 bits per heavy atom. The van der Waals surface area contributed by atoms with Crippen LogP contribution >= 0.6 is 0 Å². The predicted octanol–water partition coefficient (Wildman–Crippen LogP) is 3.34. The van der Waals surface area contributed by atoms with Crippen LogP contribution in [0.1, 0.15) is 34.8 Å². The molecule has 0 aliphatic heterocycles. The van der Waals surface area contributed by atoms with E-state index in [0.29, 0.717) is 11.4 Å². The summed E-state index contributed by atoms with van der Waals surface area (Å²) in [5.74, 6) is -0.639. The van der Waals surface area contributed by atoms with Gasteiger partial charge in [-0.3, -0.25) is 10.1 Å². The van der Waals surface area contributed by atoms with E-state index in [-0.39, 0.29) is 28.9 Å². The molecule has 0 saturated heterocycles. The highest BCUT2D eigenvalue weighted by molar-refractivity contribution is 6.02. The van der Waals surface area contributed by atoms with E-state index >= 15 is 0 Å². The number of amides is 2. The van der Waals surface area contributed by atoms with Gasteiger partial charge in [0.15, 0.2) is 5.82 Å². The summed E-state index contributed by atoms with van der Waals surface area (Å²) < 4.78 is 19.1. The van der Waals surface area contributed by atoms with Crippen LogP contribution in [0.2, 0.25) is 0 Å². The smallest absolute Gasteiger partial charge is 0.387 e. The maximum absolute atomic E-state index is 13.7. The van der Waals surface area contributed by atoms with Gasteiger partial charge in [0.1, 0.15) is 12.1 Å². The number of halogens is 1. The summed E-state index contributed by atoms with van der Waals surface area (Å²) in [4.78, 5) is 42.9. The second-order valence-electron chi connectivity index (χ2n) is 7.38. The summed E-state index contributed by atoms with van der Waals surface area (Å²) in [6.07, 6.45) is 7.15. The lowest BCUT2D eigenvalue weighted by Crippen LogP contribution is -2.25. The predicted molar refractivity (Wildman–Crippen MR) is 113 cm³/mol. The van der Waals surface area contributed by atoms with Crippen molar-refractivity contribution in [2.24, 2.45) is 0 Å². The molecule has 1 aliphatic rings. The van der Waals surface area contributed by atoms with Crippen LogP contribution in [0.15, 0.2) is 43.1 Å². The molecule has 164 valence electrons. The molecule has 1 aromatic carbocycles. The molecule has 2 aromatic heterocycles. The van der Waals surface area contributed by atoms with Crippen LogP contribution in [0.5, 0.6) is 5.88 Å². The number of rotatable bonds is 6. The van der Waals surface area contributed by atoms with Crippen LogP contribution in [0.3, 0.4) is 0 Å². The number of aromatic nitrogens is 4. The third-order valence-corrected chi connectivity index (χ3v) is 4.62. The van der Waals surface area contributed by atoms with E-state index in [9.17, 15) is 14.0 Å². The fraction of sp³-hybridized carbons (Fsp3) is 0.238. The first-order chi connectivity index (χ1) is 15.4. The molecule has 2 heterocycles. The molecule has 0 unspecified atom stereocenters. The molecule has 1 fully saturated rings. The maximum atomic E-state index is 13.7. The van der Waals surface area contributed by atoms with Gasteiger partial charge in [-0.1, -0.05) is 0 Å². The number of nitrogens with zero attached hydrogens (tertiary/aromatic N) is 5. The monoisotopic (exact) mass is 437 g/mol. The largest absolute Gasteiger partial charge is 0.418 e. The molecule has 0 spiro atoms. The minimum absolute atomic E-state index is 0.00968. The number of anilines is 3. The molecule has 32 heavy (non-hydrogen) atoms. The highest BCUT2D eigenvalue weighted by Gasteiger charge is 2.27. The highest BCUT2D eigenvalue weighted by Crippen LogP contribution is 2.40. The molecule has 2 amide bonds. The van der Waals surface area contributed by atoms with Gasteiger partial charge in [0.25, 0.3) is 11.8 Å². The zero-order valence-electron chi connectivity index (χ0n) is 17.4. The standard InChI is InChI=1S/C21H20FN7O3/c1-29(2)20(30)15-7-13(22)5-6-16(15)28-21(31)32-19-18(26-14-8-23-11-24-9-14)25-10-17(27-19)12-3-4-12/h5-12H,3-4H2,1-2H3,(H,25,26)(H,28,31). The van der Waals surface area contributed by atoms with Gasteiger partial charge < -0.3 is 15.0 Å². The van der Waals surface area contributed by atoms with E-state index in [1.165, 1.54) is 43.8 Å². The molecule has 10 nitrogen and oxygen atoms in total. The van der Waals surface area contributed by atoms with Gasteiger partial charge in [-0.2, -0.15) is 0 Å². The maximum Gasteiger partial charge on any atom is 0.418 e. The molecule has 0 bridgehead atoms. The Morgan fingerprint density at radius 1 is 1.16 bits per heavy atom. The Hall–Kier alpha value is -4.15. The van der Waals surface area contributed by atoms with Crippen LogP contribution in [-0.4, -0.2) is 50.9 Å². The lowest BCUT2D eigenvalue weighted by Gasteiger charge is -2.15. The molecule has 0 radical (unpaired) electrons. The van der Waals surface area contributed by atoms with Crippen molar-refractivity contribution in [2.75, 3.05) is 24.7 Å². The van der Waals surface area contributed by atoms with Crippen molar-refractivity contribution in [1.82, 2.24) is 24.8 Å². The molecule has 11 heteroatoms. The van der Waals surface area contributed by atoms with Gasteiger partial charge in [0, 0.05) is 20.0 Å². The van der Waals surface area contributed by atoms with Gasteiger partial charge in [-0.25, -0.2) is 29.1 Å². The first-order valence-corrected chi connectivity index (χ1v) is 9.79. The van der Waals surface area contributed by atoms with Crippen LogP contribution in [0.4, 0.5) is 26.4 Å². The number of hydrogen-bond acceptors (Lipinski definition) is 8.